The molecule has 4 nitrogen and oxygen atoms in total. The normalized spacial score (nSPS) is 15.5. The Hall–Kier alpha value is -2.17. The molecule has 1 atom stereocenters. The SMILES string of the molecule is O=C(O)CC(c1cccc(F)c1)c1cnc2n1CCCC2. The number of fused-ring (bicyclic) bond motifs is 1. The molecule has 0 radical (unpaired) electrons. The van der Waals surface area contributed by atoms with Crippen molar-refractivity contribution in [2.24, 2.45) is 0 Å². The van der Waals surface area contributed by atoms with Crippen molar-refractivity contribution in [3.05, 3.63) is 53.4 Å². The Kier molecular flexibility index (Phi) is 3.73. The maximum Gasteiger partial charge on any atom is 0.304 e. The summed E-state index contributed by atoms with van der Waals surface area (Å²) < 4.78 is 15.6. The quantitative estimate of drug-likeness (QED) is 0.941. The van der Waals surface area contributed by atoms with Crippen LogP contribution in [0.1, 0.15) is 42.3 Å². The lowest BCUT2D eigenvalue weighted by atomic mass is 9.92. The average Bonchev–Trinajstić information content (AvgIpc) is 2.88. The predicted octanol–water partition coefficient (Wildman–Crippen LogP) is 2.97. The summed E-state index contributed by atoms with van der Waals surface area (Å²) in [5, 5.41) is 9.19. The van der Waals surface area contributed by atoms with Gasteiger partial charge in [0, 0.05) is 30.8 Å². The second kappa shape index (κ2) is 5.68. The number of carbonyl (C=O) groups is 1. The number of halogens is 1. The van der Waals surface area contributed by atoms with Gasteiger partial charge in [0.2, 0.25) is 0 Å². The number of hydrogen-bond donors (Lipinski definition) is 1. The highest BCUT2D eigenvalue weighted by Gasteiger charge is 2.24. The number of aryl methyl sites for hydroxylation is 1. The van der Waals surface area contributed by atoms with E-state index in [1.807, 2.05) is 0 Å². The smallest absolute Gasteiger partial charge is 0.304 e. The molecule has 5 heteroatoms. The molecule has 0 bridgehead atoms. The lowest BCUT2D eigenvalue weighted by Crippen LogP contribution is -2.17. The summed E-state index contributed by atoms with van der Waals surface area (Å²) in [5.41, 5.74) is 1.56. The molecule has 2 aromatic rings. The van der Waals surface area contributed by atoms with E-state index in [2.05, 4.69) is 9.55 Å². The third kappa shape index (κ3) is 2.82. The predicted molar refractivity (Wildman–Crippen MR) is 75.7 cm³/mol. The molecular weight excluding hydrogens is 271 g/mol. The van der Waals surface area contributed by atoms with Crippen molar-refractivity contribution in [3.8, 4) is 0 Å². The first-order chi connectivity index (χ1) is 10.1. The molecule has 1 aliphatic rings. The zero-order valence-electron chi connectivity index (χ0n) is 11.6. The van der Waals surface area contributed by atoms with E-state index in [0.717, 1.165) is 37.3 Å². The molecule has 1 unspecified atom stereocenters. The number of imidazole rings is 1. The molecule has 21 heavy (non-hydrogen) atoms. The van der Waals surface area contributed by atoms with Crippen molar-refractivity contribution in [2.45, 2.75) is 38.1 Å². The van der Waals surface area contributed by atoms with E-state index >= 15 is 0 Å². The van der Waals surface area contributed by atoms with Crippen LogP contribution in [-0.4, -0.2) is 20.6 Å². The van der Waals surface area contributed by atoms with Crippen LogP contribution in [0, 0.1) is 5.82 Å². The van der Waals surface area contributed by atoms with Crippen molar-refractivity contribution in [3.63, 3.8) is 0 Å². The van der Waals surface area contributed by atoms with Gasteiger partial charge in [-0.1, -0.05) is 12.1 Å². The van der Waals surface area contributed by atoms with E-state index in [4.69, 9.17) is 0 Å². The summed E-state index contributed by atoms with van der Waals surface area (Å²) in [4.78, 5) is 15.6. The van der Waals surface area contributed by atoms with Crippen molar-refractivity contribution in [2.75, 3.05) is 0 Å². The Morgan fingerprint density at radius 2 is 2.29 bits per heavy atom. The van der Waals surface area contributed by atoms with Crippen LogP contribution in [0.15, 0.2) is 30.5 Å². The molecule has 0 fully saturated rings. The molecule has 0 amide bonds. The first kappa shape index (κ1) is 13.8. The van der Waals surface area contributed by atoms with Crippen LogP contribution >= 0.6 is 0 Å². The molecule has 0 aliphatic carbocycles. The fourth-order valence-corrected chi connectivity index (χ4v) is 3.01. The Morgan fingerprint density at radius 1 is 1.43 bits per heavy atom. The number of hydrogen-bond acceptors (Lipinski definition) is 2. The van der Waals surface area contributed by atoms with Gasteiger partial charge in [-0.2, -0.15) is 0 Å². The van der Waals surface area contributed by atoms with Gasteiger partial charge < -0.3 is 9.67 Å². The first-order valence-corrected chi connectivity index (χ1v) is 7.16. The number of carboxylic acid groups (broad SMARTS) is 1. The van der Waals surface area contributed by atoms with Crippen LogP contribution in [0.5, 0.6) is 0 Å². The standard InChI is InChI=1S/C16H17FN2O2/c17-12-5-3-4-11(8-12)13(9-16(20)21)14-10-18-15-6-1-2-7-19(14)15/h3-5,8,10,13H,1-2,6-7,9H2,(H,20,21). The summed E-state index contributed by atoms with van der Waals surface area (Å²) in [6.07, 6.45) is 4.79. The van der Waals surface area contributed by atoms with E-state index in [9.17, 15) is 14.3 Å². The minimum absolute atomic E-state index is 0.0609. The molecule has 1 aromatic carbocycles. The number of nitrogens with zero attached hydrogens (tertiary/aromatic N) is 2. The van der Waals surface area contributed by atoms with E-state index in [1.165, 1.54) is 12.1 Å². The van der Waals surface area contributed by atoms with E-state index in [0.29, 0.717) is 5.56 Å². The average molecular weight is 288 g/mol. The summed E-state index contributed by atoms with van der Waals surface area (Å²) in [7, 11) is 0. The van der Waals surface area contributed by atoms with Crippen molar-refractivity contribution in [1.82, 2.24) is 9.55 Å². The molecular formula is C16H17FN2O2. The molecule has 1 N–H and O–H groups in total. The van der Waals surface area contributed by atoms with Gasteiger partial charge in [-0.15, -0.1) is 0 Å². The molecule has 0 saturated carbocycles. The maximum atomic E-state index is 13.5. The third-order valence-corrected chi connectivity index (χ3v) is 3.99. The number of aromatic nitrogens is 2. The van der Waals surface area contributed by atoms with Crippen LogP contribution in [0.2, 0.25) is 0 Å². The fourth-order valence-electron chi connectivity index (χ4n) is 3.01. The van der Waals surface area contributed by atoms with Gasteiger partial charge in [0.1, 0.15) is 11.6 Å². The van der Waals surface area contributed by atoms with Crippen molar-refractivity contribution < 1.29 is 14.3 Å². The summed E-state index contributed by atoms with van der Waals surface area (Å²) in [5.74, 6) is -0.600. The number of aliphatic carboxylic acids is 1. The molecule has 0 spiro atoms. The van der Waals surface area contributed by atoms with E-state index in [1.54, 1.807) is 18.3 Å². The highest BCUT2D eigenvalue weighted by atomic mass is 19.1. The van der Waals surface area contributed by atoms with Crippen LogP contribution in [0.3, 0.4) is 0 Å². The van der Waals surface area contributed by atoms with Crippen molar-refractivity contribution >= 4 is 5.97 Å². The summed E-state index contributed by atoms with van der Waals surface area (Å²) in [6, 6.07) is 6.18. The number of benzene rings is 1. The fraction of sp³-hybridized carbons (Fsp3) is 0.375. The van der Waals surface area contributed by atoms with Gasteiger partial charge in [0.25, 0.3) is 0 Å². The van der Waals surface area contributed by atoms with E-state index in [-0.39, 0.29) is 18.2 Å². The second-order valence-electron chi connectivity index (χ2n) is 5.41. The van der Waals surface area contributed by atoms with Gasteiger partial charge in [0.15, 0.2) is 0 Å². The molecule has 1 aliphatic heterocycles. The zero-order chi connectivity index (χ0) is 14.8. The molecule has 1 aromatic heterocycles. The van der Waals surface area contributed by atoms with Crippen molar-refractivity contribution in [1.29, 1.82) is 0 Å². The van der Waals surface area contributed by atoms with Gasteiger partial charge >= 0.3 is 5.97 Å². The lowest BCUT2D eigenvalue weighted by molar-refractivity contribution is -0.137. The minimum Gasteiger partial charge on any atom is -0.481 e. The molecule has 2 heterocycles. The highest BCUT2D eigenvalue weighted by molar-refractivity contribution is 5.68. The number of rotatable bonds is 4. The van der Waals surface area contributed by atoms with Gasteiger partial charge in [-0.3, -0.25) is 4.79 Å². The highest BCUT2D eigenvalue weighted by Crippen LogP contribution is 2.31. The zero-order valence-corrected chi connectivity index (χ0v) is 11.6. The van der Waals surface area contributed by atoms with Gasteiger partial charge in [0.05, 0.1) is 6.42 Å². The molecule has 110 valence electrons. The topological polar surface area (TPSA) is 55.1 Å². The van der Waals surface area contributed by atoms with Gasteiger partial charge in [-0.05, 0) is 30.5 Å². The van der Waals surface area contributed by atoms with Crippen LogP contribution in [0.4, 0.5) is 4.39 Å². The third-order valence-electron chi connectivity index (χ3n) is 3.99. The Morgan fingerprint density at radius 3 is 3.05 bits per heavy atom. The van der Waals surface area contributed by atoms with E-state index < -0.39 is 5.97 Å². The van der Waals surface area contributed by atoms with Crippen LogP contribution in [0.25, 0.3) is 0 Å². The first-order valence-electron chi connectivity index (χ1n) is 7.16. The Labute approximate surface area is 122 Å². The maximum absolute atomic E-state index is 13.5. The van der Waals surface area contributed by atoms with Crippen LogP contribution < -0.4 is 0 Å². The Balaban J connectivity index is 2.03. The molecule has 3 rings (SSSR count). The summed E-state index contributed by atoms with van der Waals surface area (Å²) >= 11 is 0. The largest absolute Gasteiger partial charge is 0.481 e. The van der Waals surface area contributed by atoms with Crippen LogP contribution in [-0.2, 0) is 17.8 Å². The number of carboxylic acids is 1. The summed E-state index contributed by atoms with van der Waals surface area (Å²) in [6.45, 7) is 0.857. The lowest BCUT2D eigenvalue weighted by Gasteiger charge is -2.21. The molecule has 0 saturated heterocycles. The van der Waals surface area contributed by atoms with Gasteiger partial charge in [-0.25, -0.2) is 9.37 Å². The minimum atomic E-state index is -0.893. The monoisotopic (exact) mass is 288 g/mol. The Bertz CT molecular complexity index is 666. The second-order valence-corrected chi connectivity index (χ2v) is 5.41.